The lowest BCUT2D eigenvalue weighted by atomic mass is 9.94. The first-order valence-electron chi connectivity index (χ1n) is 7.87. The first kappa shape index (κ1) is 20.0. The highest BCUT2D eigenvalue weighted by Crippen LogP contribution is 2.36. The lowest BCUT2D eigenvalue weighted by Gasteiger charge is -2.16. The molecule has 4 nitrogen and oxygen atoms in total. The van der Waals surface area contributed by atoms with Crippen molar-refractivity contribution in [2.45, 2.75) is 22.8 Å². The molecule has 0 bridgehead atoms. The number of aromatic nitrogens is 2. The smallest absolute Gasteiger partial charge is 0.231 e. The molecule has 1 aromatic heterocycles. The average molecular weight is 439 g/mol. The molecule has 27 heavy (non-hydrogen) atoms. The van der Waals surface area contributed by atoms with Crippen molar-refractivity contribution < 1.29 is 4.79 Å². The second-order valence-electron chi connectivity index (χ2n) is 5.78. The van der Waals surface area contributed by atoms with Gasteiger partial charge >= 0.3 is 0 Å². The van der Waals surface area contributed by atoms with E-state index in [-0.39, 0.29) is 0 Å². The van der Waals surface area contributed by atoms with Gasteiger partial charge in [0.15, 0.2) is 0 Å². The number of nitrogens with zero attached hydrogens (tertiary/aromatic N) is 2. The van der Waals surface area contributed by atoms with Gasteiger partial charge in [0.05, 0.1) is 5.69 Å². The van der Waals surface area contributed by atoms with Gasteiger partial charge in [-0.15, -0.1) is 5.10 Å². The second kappa shape index (κ2) is 8.48. The summed E-state index contributed by atoms with van der Waals surface area (Å²) >= 11 is 19.9. The van der Waals surface area contributed by atoms with Gasteiger partial charge in [-0.3, -0.25) is 4.79 Å². The van der Waals surface area contributed by atoms with E-state index in [1.807, 2.05) is 25.1 Å². The number of benzene rings is 2. The summed E-state index contributed by atoms with van der Waals surface area (Å²) in [6.45, 7) is 1.97. The fourth-order valence-electron chi connectivity index (χ4n) is 2.60. The maximum absolute atomic E-state index is 12.1. The van der Waals surface area contributed by atoms with Crippen LogP contribution in [0.1, 0.15) is 22.7 Å². The summed E-state index contributed by atoms with van der Waals surface area (Å²) in [5, 5.41) is 10.5. The highest BCUT2D eigenvalue weighted by molar-refractivity contribution is 7.99. The Hall–Kier alpha value is -1.79. The lowest BCUT2D eigenvalue weighted by molar-refractivity contribution is -0.118. The van der Waals surface area contributed by atoms with Crippen LogP contribution in [0.15, 0.2) is 58.5 Å². The minimum atomic E-state index is -0.880. The summed E-state index contributed by atoms with van der Waals surface area (Å²) in [6.07, 6.45) is 0. The van der Waals surface area contributed by atoms with Gasteiger partial charge in [-0.05, 0) is 55.0 Å². The number of nitrogens with two attached hydrogens (primary N) is 1. The number of halogens is 3. The number of carbonyl (C=O) groups excluding carboxylic acids is 1. The van der Waals surface area contributed by atoms with Gasteiger partial charge in [0, 0.05) is 25.5 Å². The first-order chi connectivity index (χ1) is 12.9. The van der Waals surface area contributed by atoms with Crippen LogP contribution in [0.25, 0.3) is 0 Å². The molecule has 3 aromatic rings. The van der Waals surface area contributed by atoms with Gasteiger partial charge in [-0.1, -0.05) is 52.6 Å². The number of amides is 1. The van der Waals surface area contributed by atoms with E-state index in [4.69, 9.17) is 40.5 Å². The van der Waals surface area contributed by atoms with Crippen LogP contribution in [0.3, 0.4) is 0 Å². The third kappa shape index (κ3) is 4.55. The van der Waals surface area contributed by atoms with Crippen molar-refractivity contribution in [3.05, 3.63) is 80.4 Å². The van der Waals surface area contributed by atoms with Gasteiger partial charge in [-0.2, -0.15) is 5.10 Å². The van der Waals surface area contributed by atoms with Crippen molar-refractivity contribution in [2.24, 2.45) is 5.73 Å². The molecule has 0 fully saturated rings. The highest BCUT2D eigenvalue weighted by Gasteiger charge is 2.27. The van der Waals surface area contributed by atoms with Crippen LogP contribution in [-0.4, -0.2) is 16.1 Å². The summed E-state index contributed by atoms with van der Waals surface area (Å²) < 4.78 is 0. The van der Waals surface area contributed by atoms with Crippen LogP contribution in [0.4, 0.5) is 0 Å². The quantitative estimate of drug-likeness (QED) is 0.570. The predicted molar refractivity (Wildman–Crippen MR) is 110 cm³/mol. The van der Waals surface area contributed by atoms with Crippen LogP contribution >= 0.6 is 46.6 Å². The Morgan fingerprint density at radius 3 is 2.30 bits per heavy atom. The fourth-order valence-corrected chi connectivity index (χ4v) is 4.24. The molecule has 1 amide bonds. The molecule has 138 valence electrons. The van der Waals surface area contributed by atoms with Crippen LogP contribution < -0.4 is 5.73 Å². The van der Waals surface area contributed by atoms with Crippen molar-refractivity contribution >= 4 is 52.5 Å². The Morgan fingerprint density at radius 2 is 1.74 bits per heavy atom. The van der Waals surface area contributed by atoms with E-state index in [2.05, 4.69) is 10.2 Å². The molecule has 8 heteroatoms. The molecule has 0 radical (unpaired) electrons. The average Bonchev–Trinajstić information content (AvgIpc) is 2.61. The summed E-state index contributed by atoms with van der Waals surface area (Å²) in [7, 11) is 0. The van der Waals surface area contributed by atoms with Gasteiger partial charge < -0.3 is 5.73 Å². The molecule has 3 rings (SSSR count). The van der Waals surface area contributed by atoms with Crippen LogP contribution in [-0.2, 0) is 4.79 Å². The van der Waals surface area contributed by atoms with E-state index >= 15 is 0 Å². The van der Waals surface area contributed by atoms with E-state index in [0.29, 0.717) is 31.4 Å². The molecular weight excluding hydrogens is 425 g/mol. The van der Waals surface area contributed by atoms with E-state index in [1.165, 1.54) is 11.8 Å². The summed E-state index contributed by atoms with van der Waals surface area (Å²) in [5.41, 5.74) is 7.44. The standard InChI is InChI=1S/C19H14Cl3N3OS/c1-10-9-11(20)5-7-15(10)27-16-8-6-14(24-25-16)18(19(23)26)17-12(21)3-2-4-13(17)22/h2-9,18H,1H3,(H2,23,26). The Bertz CT molecular complexity index is 976. The SMILES string of the molecule is Cc1cc(Cl)ccc1Sc1ccc(C(C(N)=O)c2c(Cl)cccc2Cl)nn1. The zero-order valence-corrected chi connectivity index (χ0v) is 17.2. The van der Waals surface area contributed by atoms with Gasteiger partial charge in [0.1, 0.15) is 10.9 Å². The Morgan fingerprint density at radius 1 is 1.04 bits per heavy atom. The number of rotatable bonds is 5. The van der Waals surface area contributed by atoms with E-state index in [0.717, 1.165) is 10.5 Å². The van der Waals surface area contributed by atoms with Crippen molar-refractivity contribution in [2.75, 3.05) is 0 Å². The Labute approximate surface area is 176 Å². The Kier molecular flexibility index (Phi) is 6.27. The fraction of sp³-hybridized carbons (Fsp3) is 0.105. The zero-order valence-electron chi connectivity index (χ0n) is 14.1. The van der Waals surface area contributed by atoms with Crippen LogP contribution in [0.2, 0.25) is 15.1 Å². The number of primary amides is 1. The molecule has 2 N–H and O–H groups in total. The molecule has 1 heterocycles. The summed E-state index contributed by atoms with van der Waals surface area (Å²) in [6, 6.07) is 14.1. The Balaban J connectivity index is 1.91. The van der Waals surface area contributed by atoms with Crippen molar-refractivity contribution in [1.29, 1.82) is 0 Å². The largest absolute Gasteiger partial charge is 0.369 e. The number of carbonyl (C=O) groups is 1. The highest BCUT2D eigenvalue weighted by atomic mass is 35.5. The normalized spacial score (nSPS) is 12.0. The van der Waals surface area contributed by atoms with Crippen molar-refractivity contribution in [3.8, 4) is 0 Å². The minimum Gasteiger partial charge on any atom is -0.369 e. The topological polar surface area (TPSA) is 68.9 Å². The molecule has 0 aliphatic carbocycles. The molecule has 0 aliphatic heterocycles. The molecule has 0 saturated carbocycles. The first-order valence-corrected chi connectivity index (χ1v) is 9.82. The van der Waals surface area contributed by atoms with Crippen LogP contribution in [0, 0.1) is 6.92 Å². The number of aryl methyl sites for hydroxylation is 1. The molecule has 0 aliphatic rings. The molecule has 0 spiro atoms. The van der Waals surface area contributed by atoms with Crippen LogP contribution in [0.5, 0.6) is 0 Å². The number of hydrogen-bond donors (Lipinski definition) is 1. The molecular formula is C19H14Cl3N3OS. The molecule has 0 saturated heterocycles. The second-order valence-corrected chi connectivity index (χ2v) is 8.09. The summed E-state index contributed by atoms with van der Waals surface area (Å²) in [5.74, 6) is -1.48. The third-order valence-corrected chi connectivity index (χ3v) is 5.88. The van der Waals surface area contributed by atoms with E-state index in [1.54, 1.807) is 30.3 Å². The lowest BCUT2D eigenvalue weighted by Crippen LogP contribution is -2.24. The monoisotopic (exact) mass is 437 g/mol. The zero-order chi connectivity index (χ0) is 19.6. The predicted octanol–water partition coefficient (Wildman–Crippen LogP) is 5.51. The molecule has 1 unspecified atom stereocenters. The van der Waals surface area contributed by atoms with Crippen molar-refractivity contribution in [3.63, 3.8) is 0 Å². The maximum Gasteiger partial charge on any atom is 0.231 e. The van der Waals surface area contributed by atoms with Gasteiger partial charge in [-0.25, -0.2) is 0 Å². The van der Waals surface area contributed by atoms with E-state index in [9.17, 15) is 4.79 Å². The minimum absolute atomic E-state index is 0.350. The maximum atomic E-state index is 12.1. The van der Waals surface area contributed by atoms with Crippen molar-refractivity contribution in [1.82, 2.24) is 10.2 Å². The van der Waals surface area contributed by atoms with Gasteiger partial charge in [0.2, 0.25) is 5.91 Å². The van der Waals surface area contributed by atoms with Gasteiger partial charge in [0.25, 0.3) is 0 Å². The molecule has 2 aromatic carbocycles. The number of hydrogen-bond acceptors (Lipinski definition) is 4. The molecule has 1 atom stereocenters. The third-order valence-electron chi connectivity index (χ3n) is 3.88. The van der Waals surface area contributed by atoms with E-state index < -0.39 is 11.8 Å². The summed E-state index contributed by atoms with van der Waals surface area (Å²) in [4.78, 5) is 13.1.